The van der Waals surface area contributed by atoms with Crippen molar-refractivity contribution in [2.45, 2.75) is 46.3 Å². The molecule has 0 radical (unpaired) electrons. The van der Waals surface area contributed by atoms with Gasteiger partial charge in [-0.15, -0.1) is 0 Å². The lowest BCUT2D eigenvalue weighted by Gasteiger charge is -2.25. The molecule has 0 unspecified atom stereocenters. The van der Waals surface area contributed by atoms with Gasteiger partial charge in [-0.1, -0.05) is 38.1 Å². The van der Waals surface area contributed by atoms with Crippen LogP contribution in [0.1, 0.15) is 44.4 Å². The zero-order chi connectivity index (χ0) is 22.6. The van der Waals surface area contributed by atoms with Gasteiger partial charge in [-0.05, 0) is 29.7 Å². The van der Waals surface area contributed by atoms with Gasteiger partial charge in [-0.3, -0.25) is 4.79 Å². The monoisotopic (exact) mass is 435 g/mol. The third kappa shape index (κ3) is 6.44. The molecule has 9 heteroatoms. The fourth-order valence-electron chi connectivity index (χ4n) is 2.99. The molecular formula is C22H24F3N3O3. The van der Waals surface area contributed by atoms with Crippen LogP contribution in [-0.4, -0.2) is 27.5 Å². The predicted molar refractivity (Wildman–Crippen MR) is 107 cm³/mol. The van der Waals surface area contributed by atoms with Crippen molar-refractivity contribution < 1.29 is 26.9 Å². The van der Waals surface area contributed by atoms with E-state index in [4.69, 9.17) is 8.94 Å². The summed E-state index contributed by atoms with van der Waals surface area (Å²) in [7, 11) is 0. The molecule has 0 N–H and O–H groups in total. The Kier molecular flexibility index (Phi) is 6.52. The normalized spacial score (nSPS) is 12.2. The van der Waals surface area contributed by atoms with Crippen LogP contribution in [0.25, 0.3) is 11.4 Å². The average Bonchev–Trinajstić information content (AvgIpc) is 3.35. The molecular weight excluding hydrogens is 411 g/mol. The topological polar surface area (TPSA) is 72.4 Å². The Hall–Kier alpha value is -3.10. The third-order valence-electron chi connectivity index (χ3n) is 4.47. The standard InChI is InChI=1S/C22H24F3N3O3/c1-21(2,3)13-19(29)28(14-17-8-5-11-30-17)10-9-18-26-20(27-31-18)15-6-4-7-16(12-15)22(23,24)25/h4-8,11-12H,9-10,13-14H2,1-3H3. The van der Waals surface area contributed by atoms with Crippen molar-refractivity contribution in [2.75, 3.05) is 6.54 Å². The Morgan fingerprint density at radius 3 is 2.55 bits per heavy atom. The molecule has 1 aromatic carbocycles. The van der Waals surface area contributed by atoms with Gasteiger partial charge >= 0.3 is 6.18 Å². The molecule has 31 heavy (non-hydrogen) atoms. The van der Waals surface area contributed by atoms with E-state index >= 15 is 0 Å². The molecule has 0 spiro atoms. The van der Waals surface area contributed by atoms with Crippen molar-refractivity contribution in [3.8, 4) is 11.4 Å². The minimum absolute atomic E-state index is 0.0403. The molecule has 0 aliphatic carbocycles. The first-order chi connectivity index (χ1) is 14.5. The number of alkyl halides is 3. The second-order valence-electron chi connectivity index (χ2n) is 8.47. The molecule has 2 heterocycles. The lowest BCUT2D eigenvalue weighted by molar-refractivity contribution is -0.137. The smallest absolute Gasteiger partial charge is 0.416 e. The Balaban J connectivity index is 1.71. The summed E-state index contributed by atoms with van der Waals surface area (Å²) in [6.07, 6.45) is -2.29. The molecule has 166 valence electrons. The Morgan fingerprint density at radius 2 is 1.90 bits per heavy atom. The van der Waals surface area contributed by atoms with E-state index in [9.17, 15) is 18.0 Å². The first-order valence-electron chi connectivity index (χ1n) is 9.82. The third-order valence-corrected chi connectivity index (χ3v) is 4.47. The molecule has 0 fully saturated rings. The number of amides is 1. The number of rotatable bonds is 7. The van der Waals surface area contributed by atoms with Crippen molar-refractivity contribution in [2.24, 2.45) is 5.41 Å². The summed E-state index contributed by atoms with van der Waals surface area (Å²) < 4.78 is 49.4. The van der Waals surface area contributed by atoms with Crippen molar-refractivity contribution in [3.63, 3.8) is 0 Å². The highest BCUT2D eigenvalue weighted by Gasteiger charge is 2.31. The molecule has 0 saturated heterocycles. The van der Waals surface area contributed by atoms with Crippen LogP contribution >= 0.6 is 0 Å². The number of aromatic nitrogens is 2. The van der Waals surface area contributed by atoms with Crippen LogP contribution < -0.4 is 0 Å². The van der Waals surface area contributed by atoms with Gasteiger partial charge in [0, 0.05) is 24.9 Å². The molecule has 0 saturated carbocycles. The van der Waals surface area contributed by atoms with Crippen LogP contribution in [0, 0.1) is 5.41 Å². The van der Waals surface area contributed by atoms with Crippen molar-refractivity contribution in [3.05, 3.63) is 59.9 Å². The Labute approximate surface area is 178 Å². The minimum atomic E-state index is -4.46. The molecule has 3 rings (SSSR count). The summed E-state index contributed by atoms with van der Waals surface area (Å²) in [5.41, 5.74) is -0.755. The van der Waals surface area contributed by atoms with E-state index in [1.807, 2.05) is 20.8 Å². The van der Waals surface area contributed by atoms with Crippen LogP contribution in [0.5, 0.6) is 0 Å². The highest BCUT2D eigenvalue weighted by atomic mass is 19.4. The van der Waals surface area contributed by atoms with Gasteiger partial charge in [0.15, 0.2) is 0 Å². The van der Waals surface area contributed by atoms with Crippen LogP contribution in [0.2, 0.25) is 0 Å². The molecule has 3 aromatic rings. The molecule has 1 amide bonds. The van der Waals surface area contributed by atoms with E-state index in [0.29, 0.717) is 25.3 Å². The van der Waals surface area contributed by atoms with Crippen LogP contribution in [0.15, 0.2) is 51.6 Å². The molecule has 2 aromatic heterocycles. The number of furan rings is 1. The van der Waals surface area contributed by atoms with E-state index in [1.54, 1.807) is 23.3 Å². The van der Waals surface area contributed by atoms with Crippen LogP contribution in [0.4, 0.5) is 13.2 Å². The quantitative estimate of drug-likeness (QED) is 0.500. The number of halogens is 3. The Bertz CT molecular complexity index is 1000. The highest BCUT2D eigenvalue weighted by Crippen LogP contribution is 2.31. The predicted octanol–water partition coefficient (Wildman–Crippen LogP) is 5.36. The number of carbonyl (C=O) groups excluding carboxylic acids is 1. The van der Waals surface area contributed by atoms with E-state index in [0.717, 1.165) is 12.1 Å². The molecule has 0 aliphatic heterocycles. The lowest BCUT2D eigenvalue weighted by atomic mass is 9.91. The fraction of sp³-hybridized carbons (Fsp3) is 0.409. The van der Waals surface area contributed by atoms with Gasteiger partial charge in [0.25, 0.3) is 0 Å². The van der Waals surface area contributed by atoms with Gasteiger partial charge in [0.1, 0.15) is 5.76 Å². The summed E-state index contributed by atoms with van der Waals surface area (Å²) in [5, 5.41) is 3.79. The van der Waals surface area contributed by atoms with Crippen molar-refractivity contribution >= 4 is 5.91 Å². The van der Waals surface area contributed by atoms with Gasteiger partial charge < -0.3 is 13.8 Å². The molecule has 0 bridgehead atoms. The first-order valence-corrected chi connectivity index (χ1v) is 9.82. The van der Waals surface area contributed by atoms with Crippen LogP contribution in [0.3, 0.4) is 0 Å². The average molecular weight is 435 g/mol. The SMILES string of the molecule is CC(C)(C)CC(=O)N(CCc1nc(-c2cccc(C(F)(F)F)c2)no1)Cc1ccco1. The lowest BCUT2D eigenvalue weighted by Crippen LogP contribution is -2.34. The maximum Gasteiger partial charge on any atom is 0.416 e. The number of nitrogens with zero attached hydrogens (tertiary/aromatic N) is 3. The largest absolute Gasteiger partial charge is 0.467 e. The maximum atomic E-state index is 12.9. The first kappa shape index (κ1) is 22.6. The van der Waals surface area contributed by atoms with Gasteiger partial charge in [-0.2, -0.15) is 18.2 Å². The Morgan fingerprint density at radius 1 is 1.13 bits per heavy atom. The molecule has 0 atom stereocenters. The van der Waals surface area contributed by atoms with Gasteiger partial charge in [0.2, 0.25) is 17.6 Å². The number of carbonyl (C=O) groups is 1. The second-order valence-corrected chi connectivity index (χ2v) is 8.47. The summed E-state index contributed by atoms with van der Waals surface area (Å²) in [6.45, 7) is 6.55. The van der Waals surface area contributed by atoms with Crippen molar-refractivity contribution in [1.29, 1.82) is 0 Å². The van der Waals surface area contributed by atoms with Gasteiger partial charge in [-0.25, -0.2) is 0 Å². The van der Waals surface area contributed by atoms with E-state index in [-0.39, 0.29) is 35.0 Å². The minimum Gasteiger partial charge on any atom is -0.467 e. The van der Waals surface area contributed by atoms with E-state index < -0.39 is 11.7 Å². The summed E-state index contributed by atoms with van der Waals surface area (Å²) in [5.74, 6) is 0.916. The summed E-state index contributed by atoms with van der Waals surface area (Å²) in [6, 6.07) is 8.28. The number of hydrogen-bond acceptors (Lipinski definition) is 5. The highest BCUT2D eigenvalue weighted by molar-refractivity contribution is 5.76. The van der Waals surface area contributed by atoms with Crippen LogP contribution in [-0.2, 0) is 23.9 Å². The molecule has 0 aliphatic rings. The molecule has 6 nitrogen and oxygen atoms in total. The second kappa shape index (κ2) is 8.95. The van der Waals surface area contributed by atoms with Gasteiger partial charge in [0.05, 0.1) is 18.4 Å². The number of hydrogen-bond donors (Lipinski definition) is 0. The maximum absolute atomic E-state index is 12.9. The summed E-state index contributed by atoms with van der Waals surface area (Å²) >= 11 is 0. The zero-order valence-corrected chi connectivity index (χ0v) is 17.6. The van der Waals surface area contributed by atoms with Crippen molar-refractivity contribution in [1.82, 2.24) is 15.0 Å². The summed E-state index contributed by atoms with van der Waals surface area (Å²) in [4.78, 5) is 18.6. The van der Waals surface area contributed by atoms with E-state index in [2.05, 4.69) is 10.1 Å². The zero-order valence-electron chi connectivity index (χ0n) is 17.6. The fourth-order valence-corrected chi connectivity index (χ4v) is 2.99. The number of benzene rings is 1. The van der Waals surface area contributed by atoms with E-state index in [1.165, 1.54) is 12.1 Å².